The molecule has 1 amide bonds. The van der Waals surface area contributed by atoms with Gasteiger partial charge in [0.05, 0.1) is 7.11 Å². The maximum atomic E-state index is 12.3. The van der Waals surface area contributed by atoms with Crippen LogP contribution < -0.4 is 15.4 Å². The van der Waals surface area contributed by atoms with E-state index >= 15 is 0 Å². The Labute approximate surface area is 165 Å². The summed E-state index contributed by atoms with van der Waals surface area (Å²) in [5.74, 6) is 0.360. The molecule has 0 spiro atoms. The number of ether oxygens (including phenoxy) is 1. The summed E-state index contributed by atoms with van der Waals surface area (Å²) in [7, 11) is 1.57. The lowest BCUT2D eigenvalue weighted by Gasteiger charge is -2.26. The van der Waals surface area contributed by atoms with Crippen LogP contribution >= 0.6 is 12.2 Å². The number of methoxy groups -OCH3 is 1. The van der Waals surface area contributed by atoms with Crippen LogP contribution in [0.25, 0.3) is 0 Å². The van der Waals surface area contributed by atoms with Gasteiger partial charge < -0.3 is 10.1 Å². The van der Waals surface area contributed by atoms with Crippen LogP contribution in [0.4, 0.5) is 5.69 Å². The van der Waals surface area contributed by atoms with Crippen LogP contribution in [0.3, 0.4) is 0 Å². The first kappa shape index (κ1) is 19.3. The highest BCUT2D eigenvalue weighted by Gasteiger charge is 2.11. The van der Waals surface area contributed by atoms with Crippen molar-refractivity contribution in [1.82, 2.24) is 10.2 Å². The molecule has 1 saturated heterocycles. The summed E-state index contributed by atoms with van der Waals surface area (Å²) in [4.78, 5) is 14.8. The number of carbonyl (C=O) groups is 1. The van der Waals surface area contributed by atoms with Crippen molar-refractivity contribution in [2.24, 2.45) is 0 Å². The largest absolute Gasteiger partial charge is 0.497 e. The Hall–Kier alpha value is -2.44. The fourth-order valence-electron chi connectivity index (χ4n) is 3.17. The molecule has 0 saturated carbocycles. The SMILES string of the molecule is COc1cccc(C(=O)NC(=S)Nc2ccc(CN3CCCCC3)cc2)c1. The molecule has 2 aromatic carbocycles. The Morgan fingerprint density at radius 3 is 2.56 bits per heavy atom. The molecular weight excluding hydrogens is 358 g/mol. The highest BCUT2D eigenvalue weighted by Crippen LogP contribution is 2.16. The lowest BCUT2D eigenvalue weighted by Crippen LogP contribution is -2.34. The van der Waals surface area contributed by atoms with E-state index in [2.05, 4.69) is 27.7 Å². The maximum Gasteiger partial charge on any atom is 0.257 e. The van der Waals surface area contributed by atoms with E-state index in [1.165, 1.54) is 37.9 Å². The molecule has 27 heavy (non-hydrogen) atoms. The molecule has 5 nitrogen and oxygen atoms in total. The monoisotopic (exact) mass is 383 g/mol. The average Bonchev–Trinajstić information content (AvgIpc) is 2.70. The third kappa shape index (κ3) is 5.77. The topological polar surface area (TPSA) is 53.6 Å². The van der Waals surface area contributed by atoms with Gasteiger partial charge in [0.1, 0.15) is 5.75 Å². The summed E-state index contributed by atoms with van der Waals surface area (Å²) in [6.45, 7) is 3.35. The van der Waals surface area contributed by atoms with Crippen molar-refractivity contribution in [1.29, 1.82) is 0 Å². The summed E-state index contributed by atoms with van der Waals surface area (Å²) >= 11 is 5.25. The normalized spacial score (nSPS) is 14.4. The first-order valence-corrected chi connectivity index (χ1v) is 9.62. The molecule has 0 bridgehead atoms. The highest BCUT2D eigenvalue weighted by molar-refractivity contribution is 7.80. The second-order valence-corrected chi connectivity index (χ2v) is 7.08. The van der Waals surface area contributed by atoms with Gasteiger partial charge in [0, 0.05) is 17.8 Å². The number of hydrogen-bond acceptors (Lipinski definition) is 4. The number of nitrogens with one attached hydrogen (secondary N) is 2. The zero-order valence-corrected chi connectivity index (χ0v) is 16.3. The molecular formula is C21H25N3O2S. The molecule has 1 heterocycles. The van der Waals surface area contributed by atoms with E-state index in [1.54, 1.807) is 31.4 Å². The molecule has 142 valence electrons. The zero-order valence-electron chi connectivity index (χ0n) is 15.5. The number of nitrogens with zero attached hydrogens (tertiary/aromatic N) is 1. The standard InChI is InChI=1S/C21H25N3O2S/c1-26-19-7-5-6-17(14-19)20(25)23-21(27)22-18-10-8-16(9-11-18)15-24-12-3-2-4-13-24/h5-11,14H,2-4,12-13,15H2,1H3,(H2,22,23,25,27). The Kier molecular flexibility index (Phi) is 6.79. The van der Waals surface area contributed by atoms with Gasteiger partial charge >= 0.3 is 0 Å². The van der Waals surface area contributed by atoms with Crippen LogP contribution in [0.15, 0.2) is 48.5 Å². The van der Waals surface area contributed by atoms with E-state index < -0.39 is 0 Å². The van der Waals surface area contributed by atoms with Crippen molar-refractivity contribution in [3.63, 3.8) is 0 Å². The third-order valence-corrected chi connectivity index (χ3v) is 4.83. The second-order valence-electron chi connectivity index (χ2n) is 6.67. The number of piperidine rings is 1. The van der Waals surface area contributed by atoms with Crippen LogP contribution in [0, 0.1) is 0 Å². The number of benzene rings is 2. The summed E-state index contributed by atoms with van der Waals surface area (Å²) in [5, 5.41) is 6.02. The minimum Gasteiger partial charge on any atom is -0.497 e. The molecule has 0 radical (unpaired) electrons. The van der Waals surface area contributed by atoms with Gasteiger partial charge in [-0.2, -0.15) is 0 Å². The van der Waals surface area contributed by atoms with E-state index in [9.17, 15) is 4.79 Å². The number of rotatable bonds is 5. The number of amides is 1. The quantitative estimate of drug-likeness (QED) is 0.769. The molecule has 1 fully saturated rings. The summed E-state index contributed by atoms with van der Waals surface area (Å²) in [6, 6.07) is 15.1. The molecule has 2 aromatic rings. The highest BCUT2D eigenvalue weighted by atomic mass is 32.1. The Morgan fingerprint density at radius 2 is 1.85 bits per heavy atom. The number of likely N-dealkylation sites (tertiary alicyclic amines) is 1. The van der Waals surface area contributed by atoms with E-state index in [4.69, 9.17) is 17.0 Å². The van der Waals surface area contributed by atoms with Gasteiger partial charge in [0.15, 0.2) is 5.11 Å². The molecule has 0 aliphatic carbocycles. The van der Waals surface area contributed by atoms with Gasteiger partial charge in [0.2, 0.25) is 0 Å². The lowest BCUT2D eigenvalue weighted by atomic mass is 10.1. The van der Waals surface area contributed by atoms with Crippen LogP contribution in [0.1, 0.15) is 35.2 Å². The Morgan fingerprint density at radius 1 is 1.11 bits per heavy atom. The molecule has 6 heteroatoms. The average molecular weight is 384 g/mol. The predicted molar refractivity (Wildman–Crippen MR) is 112 cm³/mol. The Balaban J connectivity index is 1.51. The molecule has 3 rings (SSSR count). The first-order chi connectivity index (χ1) is 13.1. The summed E-state index contributed by atoms with van der Waals surface area (Å²) < 4.78 is 5.14. The molecule has 1 aliphatic rings. The van der Waals surface area contributed by atoms with Crippen molar-refractivity contribution in [3.05, 3.63) is 59.7 Å². The smallest absolute Gasteiger partial charge is 0.257 e. The maximum absolute atomic E-state index is 12.3. The van der Waals surface area contributed by atoms with Gasteiger partial charge in [-0.25, -0.2) is 0 Å². The third-order valence-electron chi connectivity index (χ3n) is 4.63. The van der Waals surface area contributed by atoms with Crippen LogP contribution in [-0.2, 0) is 6.54 Å². The minimum absolute atomic E-state index is 0.270. The van der Waals surface area contributed by atoms with Gasteiger partial charge in [-0.15, -0.1) is 0 Å². The van der Waals surface area contributed by atoms with E-state index in [0.29, 0.717) is 11.3 Å². The van der Waals surface area contributed by atoms with Gasteiger partial charge in [-0.05, 0) is 74.0 Å². The number of carbonyl (C=O) groups excluding carboxylic acids is 1. The van der Waals surface area contributed by atoms with Crippen molar-refractivity contribution >= 4 is 28.9 Å². The van der Waals surface area contributed by atoms with Crippen LogP contribution in [-0.4, -0.2) is 36.1 Å². The summed E-state index contributed by atoms with van der Waals surface area (Å²) in [5.41, 5.74) is 2.64. The van der Waals surface area contributed by atoms with Gasteiger partial charge in [-0.3, -0.25) is 15.0 Å². The lowest BCUT2D eigenvalue weighted by molar-refractivity contribution is 0.0977. The fraction of sp³-hybridized carbons (Fsp3) is 0.333. The molecule has 0 aromatic heterocycles. The number of anilines is 1. The summed E-state index contributed by atoms with van der Waals surface area (Å²) in [6.07, 6.45) is 3.93. The molecule has 0 unspecified atom stereocenters. The van der Waals surface area contributed by atoms with Crippen LogP contribution in [0.2, 0.25) is 0 Å². The van der Waals surface area contributed by atoms with Crippen molar-refractivity contribution in [2.45, 2.75) is 25.8 Å². The van der Waals surface area contributed by atoms with Crippen molar-refractivity contribution < 1.29 is 9.53 Å². The molecule has 1 aliphatic heterocycles. The number of thiocarbonyl (C=S) groups is 1. The Bertz CT molecular complexity index is 786. The van der Waals surface area contributed by atoms with E-state index in [0.717, 1.165) is 12.2 Å². The predicted octanol–water partition coefficient (Wildman–Crippen LogP) is 3.81. The van der Waals surface area contributed by atoms with Gasteiger partial charge in [-0.1, -0.05) is 24.6 Å². The number of hydrogen-bond donors (Lipinski definition) is 2. The fourth-order valence-corrected chi connectivity index (χ4v) is 3.38. The minimum atomic E-state index is -0.270. The first-order valence-electron chi connectivity index (χ1n) is 9.22. The van der Waals surface area contributed by atoms with Crippen LogP contribution in [0.5, 0.6) is 5.75 Å². The second kappa shape index (κ2) is 9.48. The molecule has 0 atom stereocenters. The van der Waals surface area contributed by atoms with Crippen molar-refractivity contribution in [2.75, 3.05) is 25.5 Å². The molecule has 2 N–H and O–H groups in total. The van der Waals surface area contributed by atoms with Gasteiger partial charge in [0.25, 0.3) is 5.91 Å². The zero-order chi connectivity index (χ0) is 19.1. The van der Waals surface area contributed by atoms with Crippen molar-refractivity contribution in [3.8, 4) is 5.75 Å². The van der Waals surface area contributed by atoms with E-state index in [1.807, 2.05) is 12.1 Å². The van der Waals surface area contributed by atoms with E-state index in [-0.39, 0.29) is 11.0 Å².